The van der Waals surface area contributed by atoms with Crippen LogP contribution in [0.1, 0.15) is 31.2 Å². The quantitative estimate of drug-likeness (QED) is 0.333. The molecule has 0 atom stereocenters. The van der Waals surface area contributed by atoms with Crippen molar-refractivity contribution in [3.05, 3.63) is 66.1 Å². The summed E-state index contributed by atoms with van der Waals surface area (Å²) in [5, 5.41) is 5.49. The monoisotopic (exact) mass is 509 g/mol. The summed E-state index contributed by atoms with van der Waals surface area (Å²) >= 11 is 0. The minimum Gasteiger partial charge on any atom is -0.497 e. The van der Waals surface area contributed by atoms with E-state index in [0.29, 0.717) is 18.0 Å². The molecule has 0 aliphatic carbocycles. The summed E-state index contributed by atoms with van der Waals surface area (Å²) in [6.45, 7) is 3.78. The van der Waals surface area contributed by atoms with Gasteiger partial charge < -0.3 is 24.4 Å². The van der Waals surface area contributed by atoms with Crippen molar-refractivity contribution in [3.8, 4) is 11.5 Å². The van der Waals surface area contributed by atoms with Crippen LogP contribution in [0.5, 0.6) is 11.5 Å². The Bertz CT molecular complexity index is 1170. The molecule has 1 saturated heterocycles. The molecule has 1 aliphatic rings. The van der Waals surface area contributed by atoms with Crippen LogP contribution in [0.3, 0.4) is 0 Å². The van der Waals surface area contributed by atoms with Gasteiger partial charge in [0.05, 0.1) is 13.7 Å². The SMILES string of the molecule is COc1cccc(COC(=O)Nc2ccnc(Nc3ccc(OCCCN4CCCCC4)c(F)c3)n2)c1. The standard InChI is InChI=1S/C27H32FN5O4/c1-35-22-8-5-7-20(17-22)19-37-27(34)32-25-11-12-29-26(31-25)30-21-9-10-24(23(28)18-21)36-16-6-15-33-13-3-2-4-14-33/h5,7-12,17-18H,2-4,6,13-16,19H2,1H3,(H2,29,30,31,32,34). The van der Waals surface area contributed by atoms with E-state index < -0.39 is 11.9 Å². The number of hydrogen-bond acceptors (Lipinski definition) is 8. The maximum atomic E-state index is 14.6. The van der Waals surface area contributed by atoms with Crippen molar-refractivity contribution in [2.24, 2.45) is 0 Å². The van der Waals surface area contributed by atoms with Crippen LogP contribution in [0.2, 0.25) is 0 Å². The molecule has 1 fully saturated rings. The van der Waals surface area contributed by atoms with Gasteiger partial charge in [0.1, 0.15) is 18.2 Å². The molecule has 0 unspecified atom stereocenters. The molecule has 37 heavy (non-hydrogen) atoms. The van der Waals surface area contributed by atoms with Crippen LogP contribution in [-0.2, 0) is 11.3 Å². The van der Waals surface area contributed by atoms with E-state index in [1.807, 2.05) is 18.2 Å². The summed E-state index contributed by atoms with van der Waals surface area (Å²) in [7, 11) is 1.57. The molecule has 4 rings (SSSR count). The largest absolute Gasteiger partial charge is 0.497 e. The highest BCUT2D eigenvalue weighted by Gasteiger charge is 2.11. The van der Waals surface area contributed by atoms with E-state index in [-0.39, 0.29) is 24.1 Å². The van der Waals surface area contributed by atoms with E-state index >= 15 is 0 Å². The Hall–Kier alpha value is -3.92. The Morgan fingerprint density at radius 1 is 1.11 bits per heavy atom. The summed E-state index contributed by atoms with van der Waals surface area (Å²) in [4.78, 5) is 23.0. The normalized spacial score (nSPS) is 13.6. The van der Waals surface area contributed by atoms with E-state index in [0.717, 1.165) is 31.6 Å². The fourth-order valence-corrected chi connectivity index (χ4v) is 4.02. The van der Waals surface area contributed by atoms with Crippen molar-refractivity contribution in [1.29, 1.82) is 0 Å². The van der Waals surface area contributed by atoms with Gasteiger partial charge in [-0.25, -0.2) is 14.2 Å². The lowest BCUT2D eigenvalue weighted by molar-refractivity contribution is 0.155. The number of piperidine rings is 1. The molecule has 3 aromatic rings. The molecule has 1 aromatic heterocycles. The molecule has 0 bridgehead atoms. The van der Waals surface area contributed by atoms with Gasteiger partial charge in [0, 0.05) is 24.5 Å². The third-order valence-corrected chi connectivity index (χ3v) is 5.90. The number of carbonyl (C=O) groups excluding carboxylic acids is 1. The van der Waals surface area contributed by atoms with Crippen molar-refractivity contribution in [2.75, 3.05) is 44.0 Å². The number of nitrogens with zero attached hydrogens (tertiary/aromatic N) is 3. The molecule has 1 amide bonds. The van der Waals surface area contributed by atoms with Crippen LogP contribution in [0, 0.1) is 5.82 Å². The van der Waals surface area contributed by atoms with Crippen LogP contribution in [0.15, 0.2) is 54.7 Å². The highest BCUT2D eigenvalue weighted by Crippen LogP contribution is 2.23. The number of amides is 1. The summed E-state index contributed by atoms with van der Waals surface area (Å²) in [6.07, 6.45) is 5.47. The van der Waals surface area contributed by atoms with Gasteiger partial charge in [-0.2, -0.15) is 4.98 Å². The number of rotatable bonds is 11. The molecule has 1 aliphatic heterocycles. The fourth-order valence-electron chi connectivity index (χ4n) is 4.02. The van der Waals surface area contributed by atoms with Crippen molar-refractivity contribution in [2.45, 2.75) is 32.3 Å². The molecule has 196 valence electrons. The molecule has 0 saturated carbocycles. The Morgan fingerprint density at radius 3 is 2.78 bits per heavy atom. The van der Waals surface area contributed by atoms with Crippen molar-refractivity contribution >= 4 is 23.5 Å². The lowest BCUT2D eigenvalue weighted by Gasteiger charge is -2.26. The first kappa shape index (κ1) is 26.2. The van der Waals surface area contributed by atoms with Crippen LogP contribution in [0.4, 0.5) is 26.6 Å². The summed E-state index contributed by atoms with van der Waals surface area (Å²) in [5.74, 6) is 0.845. The highest BCUT2D eigenvalue weighted by molar-refractivity contribution is 5.83. The van der Waals surface area contributed by atoms with Crippen LogP contribution < -0.4 is 20.1 Å². The van der Waals surface area contributed by atoms with Crippen molar-refractivity contribution in [1.82, 2.24) is 14.9 Å². The second-order valence-electron chi connectivity index (χ2n) is 8.69. The molecular weight excluding hydrogens is 477 g/mol. The number of hydrogen-bond donors (Lipinski definition) is 2. The maximum Gasteiger partial charge on any atom is 0.413 e. The number of halogens is 1. The van der Waals surface area contributed by atoms with Crippen LogP contribution >= 0.6 is 0 Å². The van der Waals surface area contributed by atoms with Gasteiger partial charge in [0.15, 0.2) is 11.6 Å². The summed E-state index contributed by atoms with van der Waals surface area (Å²) in [6, 6.07) is 13.4. The summed E-state index contributed by atoms with van der Waals surface area (Å²) in [5.41, 5.74) is 1.24. The number of benzene rings is 2. The number of methoxy groups -OCH3 is 1. The number of aromatic nitrogens is 2. The Morgan fingerprint density at radius 2 is 1.97 bits per heavy atom. The summed E-state index contributed by atoms with van der Waals surface area (Å²) < 4.78 is 30.6. The van der Waals surface area contributed by atoms with Gasteiger partial charge in [0.25, 0.3) is 0 Å². The third kappa shape index (κ3) is 8.32. The zero-order valence-electron chi connectivity index (χ0n) is 20.9. The van der Waals surface area contributed by atoms with E-state index in [9.17, 15) is 9.18 Å². The van der Waals surface area contributed by atoms with Gasteiger partial charge in [-0.15, -0.1) is 0 Å². The van der Waals surface area contributed by atoms with Crippen LogP contribution in [0.25, 0.3) is 0 Å². The maximum absolute atomic E-state index is 14.6. The zero-order valence-corrected chi connectivity index (χ0v) is 20.9. The Kier molecular flexibility index (Phi) is 9.47. The van der Waals surface area contributed by atoms with Crippen molar-refractivity contribution in [3.63, 3.8) is 0 Å². The van der Waals surface area contributed by atoms with Gasteiger partial charge in [-0.3, -0.25) is 5.32 Å². The predicted octanol–water partition coefficient (Wildman–Crippen LogP) is 5.37. The van der Waals surface area contributed by atoms with Crippen LogP contribution in [-0.4, -0.2) is 54.3 Å². The van der Waals surface area contributed by atoms with E-state index in [4.69, 9.17) is 14.2 Å². The van der Waals surface area contributed by atoms with Gasteiger partial charge in [-0.05, 0) is 68.2 Å². The highest BCUT2D eigenvalue weighted by atomic mass is 19.1. The first-order valence-electron chi connectivity index (χ1n) is 12.4. The lowest BCUT2D eigenvalue weighted by Crippen LogP contribution is -2.31. The molecule has 0 spiro atoms. The molecule has 2 aromatic carbocycles. The number of anilines is 3. The second kappa shape index (κ2) is 13.4. The first-order valence-corrected chi connectivity index (χ1v) is 12.4. The average molecular weight is 510 g/mol. The van der Waals surface area contributed by atoms with E-state index in [2.05, 4.69) is 25.5 Å². The van der Waals surface area contributed by atoms with Gasteiger partial charge >= 0.3 is 6.09 Å². The number of carbonyl (C=O) groups is 1. The lowest BCUT2D eigenvalue weighted by atomic mass is 10.1. The van der Waals surface area contributed by atoms with Gasteiger partial charge in [-0.1, -0.05) is 18.6 Å². The van der Waals surface area contributed by atoms with E-state index in [1.54, 1.807) is 25.3 Å². The minimum absolute atomic E-state index is 0.0746. The fraction of sp³-hybridized carbons (Fsp3) is 0.370. The molecule has 10 heteroatoms. The smallest absolute Gasteiger partial charge is 0.413 e. The van der Waals surface area contributed by atoms with Crippen molar-refractivity contribution < 1.29 is 23.4 Å². The molecule has 9 nitrogen and oxygen atoms in total. The Balaban J connectivity index is 1.24. The molecule has 2 heterocycles. The average Bonchev–Trinajstić information content (AvgIpc) is 2.92. The number of ether oxygens (including phenoxy) is 3. The molecule has 2 N–H and O–H groups in total. The first-order chi connectivity index (χ1) is 18.1. The number of nitrogens with one attached hydrogen (secondary N) is 2. The topological polar surface area (TPSA) is 97.8 Å². The second-order valence-corrected chi connectivity index (χ2v) is 8.69. The van der Waals surface area contributed by atoms with E-state index in [1.165, 1.54) is 37.6 Å². The predicted molar refractivity (Wildman–Crippen MR) is 139 cm³/mol. The minimum atomic E-state index is -0.666. The number of likely N-dealkylation sites (tertiary alicyclic amines) is 1. The molecule has 0 radical (unpaired) electrons. The van der Waals surface area contributed by atoms with Gasteiger partial charge in [0.2, 0.25) is 5.95 Å². The Labute approximate surface area is 216 Å². The molecular formula is C27H32FN5O4. The third-order valence-electron chi connectivity index (χ3n) is 5.90. The zero-order chi connectivity index (χ0) is 25.9.